The van der Waals surface area contributed by atoms with E-state index in [1.807, 2.05) is 12.1 Å². The molecule has 100 valence electrons. The number of benzene rings is 1. The van der Waals surface area contributed by atoms with Crippen molar-refractivity contribution < 1.29 is 9.47 Å². The number of methoxy groups -OCH3 is 2. The fourth-order valence-electron chi connectivity index (χ4n) is 2.31. The summed E-state index contributed by atoms with van der Waals surface area (Å²) in [7, 11) is 3.47. The lowest BCUT2D eigenvalue weighted by Gasteiger charge is -2.23. The summed E-state index contributed by atoms with van der Waals surface area (Å²) in [6, 6.07) is 9.08. The van der Waals surface area contributed by atoms with Crippen molar-refractivity contribution in [1.29, 1.82) is 0 Å². The van der Waals surface area contributed by atoms with Crippen molar-refractivity contribution in [2.75, 3.05) is 20.8 Å². The minimum atomic E-state index is 0.344. The summed E-state index contributed by atoms with van der Waals surface area (Å²) in [5.41, 5.74) is 1.29. The largest absolute Gasteiger partial charge is 0.497 e. The van der Waals surface area contributed by atoms with Crippen molar-refractivity contribution in [3.05, 3.63) is 29.8 Å². The number of ether oxygens (including phenoxy) is 2. The summed E-state index contributed by atoms with van der Waals surface area (Å²) < 4.78 is 10.5. The monoisotopic (exact) mass is 249 g/mol. The lowest BCUT2D eigenvalue weighted by Crippen LogP contribution is -2.36. The summed E-state index contributed by atoms with van der Waals surface area (Å²) in [6.07, 6.45) is 2.66. The summed E-state index contributed by atoms with van der Waals surface area (Å²) in [6.45, 7) is 3.00. The second-order valence-electron chi connectivity index (χ2n) is 5.06. The molecule has 18 heavy (non-hydrogen) atoms. The van der Waals surface area contributed by atoms with E-state index in [1.165, 1.54) is 18.4 Å². The van der Waals surface area contributed by atoms with Gasteiger partial charge in [0.1, 0.15) is 5.75 Å². The van der Waals surface area contributed by atoms with Crippen molar-refractivity contribution in [3.63, 3.8) is 0 Å². The van der Waals surface area contributed by atoms with Crippen LogP contribution in [0.4, 0.5) is 0 Å². The lowest BCUT2D eigenvalue weighted by atomic mass is 10.1. The molecular formula is C15H23NO2. The summed E-state index contributed by atoms with van der Waals surface area (Å²) >= 11 is 0. The van der Waals surface area contributed by atoms with E-state index in [1.54, 1.807) is 14.2 Å². The van der Waals surface area contributed by atoms with Gasteiger partial charge < -0.3 is 14.8 Å². The summed E-state index contributed by atoms with van der Waals surface area (Å²) in [5, 5.41) is 3.67. The molecule has 1 unspecified atom stereocenters. The van der Waals surface area contributed by atoms with Gasteiger partial charge in [-0.2, -0.15) is 0 Å². The van der Waals surface area contributed by atoms with E-state index in [0.717, 1.165) is 18.3 Å². The number of rotatable bonds is 7. The van der Waals surface area contributed by atoms with Gasteiger partial charge in [-0.3, -0.25) is 0 Å². The first-order valence-corrected chi connectivity index (χ1v) is 6.63. The normalized spacial score (nSPS) is 18.4. The van der Waals surface area contributed by atoms with Crippen LogP contribution in [0.2, 0.25) is 0 Å². The molecule has 1 aromatic rings. The highest BCUT2D eigenvalue weighted by Crippen LogP contribution is 2.34. The predicted molar refractivity (Wildman–Crippen MR) is 72.9 cm³/mol. The van der Waals surface area contributed by atoms with Gasteiger partial charge in [0.05, 0.1) is 13.7 Å². The third kappa shape index (κ3) is 3.47. The minimum absolute atomic E-state index is 0.344. The standard InChI is InChI=1S/C15H23NO2/c1-11(12-6-8-14(18-3)9-7-12)16-15(10-17-2)13-4-5-13/h6-9,11,13,15-16H,4-5,10H2,1-3H3/t11-,15?/m0/s1. The number of hydrogen-bond donors (Lipinski definition) is 1. The van der Waals surface area contributed by atoms with Crippen LogP contribution in [-0.2, 0) is 4.74 Å². The van der Waals surface area contributed by atoms with E-state index in [9.17, 15) is 0 Å². The molecule has 1 N–H and O–H groups in total. The van der Waals surface area contributed by atoms with Crippen LogP contribution >= 0.6 is 0 Å². The first-order chi connectivity index (χ1) is 8.74. The smallest absolute Gasteiger partial charge is 0.118 e. The molecule has 0 spiro atoms. The molecule has 1 aromatic carbocycles. The van der Waals surface area contributed by atoms with Gasteiger partial charge in [0.25, 0.3) is 0 Å². The molecule has 3 nitrogen and oxygen atoms in total. The Hall–Kier alpha value is -1.06. The second-order valence-corrected chi connectivity index (χ2v) is 5.06. The molecule has 0 bridgehead atoms. The van der Waals surface area contributed by atoms with E-state index < -0.39 is 0 Å². The summed E-state index contributed by atoms with van der Waals surface area (Å²) in [4.78, 5) is 0. The quantitative estimate of drug-likeness (QED) is 0.806. The van der Waals surface area contributed by atoms with Gasteiger partial charge in [0.15, 0.2) is 0 Å². The highest BCUT2D eigenvalue weighted by Gasteiger charge is 2.31. The highest BCUT2D eigenvalue weighted by molar-refractivity contribution is 5.28. The van der Waals surface area contributed by atoms with Crippen LogP contribution in [0.5, 0.6) is 5.75 Å². The molecule has 2 rings (SSSR count). The Morgan fingerprint density at radius 2 is 1.89 bits per heavy atom. The van der Waals surface area contributed by atoms with E-state index in [2.05, 4.69) is 24.4 Å². The van der Waals surface area contributed by atoms with Gasteiger partial charge in [-0.1, -0.05) is 12.1 Å². The van der Waals surface area contributed by atoms with Gasteiger partial charge in [-0.25, -0.2) is 0 Å². The Morgan fingerprint density at radius 1 is 1.22 bits per heavy atom. The molecule has 0 saturated heterocycles. The van der Waals surface area contributed by atoms with Crippen molar-refractivity contribution in [2.24, 2.45) is 5.92 Å². The number of hydrogen-bond acceptors (Lipinski definition) is 3. The SMILES string of the molecule is COCC(N[C@@H](C)c1ccc(OC)cc1)C1CC1. The molecule has 0 radical (unpaired) electrons. The van der Waals surface area contributed by atoms with Crippen molar-refractivity contribution in [1.82, 2.24) is 5.32 Å². The van der Waals surface area contributed by atoms with Crippen LogP contribution in [0, 0.1) is 5.92 Å². The Bertz CT molecular complexity index is 359. The highest BCUT2D eigenvalue weighted by atomic mass is 16.5. The predicted octanol–water partition coefficient (Wildman–Crippen LogP) is 2.77. The van der Waals surface area contributed by atoms with E-state index in [0.29, 0.717) is 12.1 Å². The van der Waals surface area contributed by atoms with Gasteiger partial charge in [0.2, 0.25) is 0 Å². The summed E-state index contributed by atoms with van der Waals surface area (Å²) in [5.74, 6) is 1.70. The van der Waals surface area contributed by atoms with Crippen molar-refractivity contribution >= 4 is 0 Å². The van der Waals surface area contributed by atoms with Crippen LogP contribution in [0.25, 0.3) is 0 Å². The fraction of sp³-hybridized carbons (Fsp3) is 0.600. The molecule has 0 aliphatic heterocycles. The number of nitrogens with one attached hydrogen (secondary N) is 1. The lowest BCUT2D eigenvalue weighted by molar-refractivity contribution is 0.152. The van der Waals surface area contributed by atoms with E-state index in [-0.39, 0.29) is 0 Å². The van der Waals surface area contributed by atoms with Crippen LogP contribution < -0.4 is 10.1 Å². The molecular weight excluding hydrogens is 226 g/mol. The zero-order valence-corrected chi connectivity index (χ0v) is 11.5. The van der Waals surface area contributed by atoms with Gasteiger partial charge in [0, 0.05) is 19.2 Å². The molecule has 1 fully saturated rings. The van der Waals surface area contributed by atoms with Crippen LogP contribution in [0.3, 0.4) is 0 Å². The van der Waals surface area contributed by atoms with Gasteiger partial charge >= 0.3 is 0 Å². The maximum absolute atomic E-state index is 5.30. The molecule has 1 saturated carbocycles. The first kappa shape index (κ1) is 13.4. The van der Waals surface area contributed by atoms with Crippen molar-refractivity contribution in [3.8, 4) is 5.75 Å². The molecule has 0 amide bonds. The Balaban J connectivity index is 1.94. The maximum atomic E-state index is 5.30. The zero-order valence-electron chi connectivity index (χ0n) is 11.5. The van der Waals surface area contributed by atoms with Gasteiger partial charge in [-0.15, -0.1) is 0 Å². The minimum Gasteiger partial charge on any atom is -0.497 e. The fourth-order valence-corrected chi connectivity index (χ4v) is 2.31. The Morgan fingerprint density at radius 3 is 2.39 bits per heavy atom. The average Bonchev–Trinajstić information content (AvgIpc) is 3.22. The zero-order chi connectivity index (χ0) is 13.0. The van der Waals surface area contributed by atoms with E-state index in [4.69, 9.17) is 9.47 Å². The molecule has 0 heterocycles. The van der Waals surface area contributed by atoms with Crippen LogP contribution in [0.15, 0.2) is 24.3 Å². The first-order valence-electron chi connectivity index (χ1n) is 6.63. The van der Waals surface area contributed by atoms with Crippen LogP contribution in [0.1, 0.15) is 31.4 Å². The average molecular weight is 249 g/mol. The third-order valence-corrected chi connectivity index (χ3v) is 3.62. The van der Waals surface area contributed by atoms with Crippen LogP contribution in [-0.4, -0.2) is 26.9 Å². The Labute approximate surface area is 109 Å². The van der Waals surface area contributed by atoms with E-state index >= 15 is 0 Å². The van der Waals surface area contributed by atoms with Crippen molar-refractivity contribution in [2.45, 2.75) is 31.8 Å². The molecule has 1 aliphatic rings. The topological polar surface area (TPSA) is 30.5 Å². The maximum Gasteiger partial charge on any atom is 0.118 e. The molecule has 2 atom stereocenters. The Kier molecular flexibility index (Phi) is 4.61. The molecule has 3 heteroatoms. The van der Waals surface area contributed by atoms with Gasteiger partial charge in [-0.05, 0) is 43.4 Å². The molecule has 1 aliphatic carbocycles. The second kappa shape index (κ2) is 6.21. The third-order valence-electron chi connectivity index (χ3n) is 3.62. The molecule has 0 aromatic heterocycles.